The van der Waals surface area contributed by atoms with E-state index in [2.05, 4.69) is 83.1 Å². The molecule has 0 aliphatic heterocycles. The summed E-state index contributed by atoms with van der Waals surface area (Å²) in [5.41, 5.74) is 5.30. The van der Waals surface area contributed by atoms with E-state index in [1.165, 1.54) is 22.3 Å². The summed E-state index contributed by atoms with van der Waals surface area (Å²) in [4.78, 5) is 0. The quantitative estimate of drug-likeness (QED) is 0.627. The van der Waals surface area contributed by atoms with Crippen LogP contribution in [0.25, 0.3) is 11.1 Å². The van der Waals surface area contributed by atoms with Crippen molar-refractivity contribution in [3.05, 3.63) is 59.7 Å². The van der Waals surface area contributed by atoms with Gasteiger partial charge in [-0.3, -0.25) is 0 Å². The van der Waals surface area contributed by atoms with E-state index in [-0.39, 0.29) is 0 Å². The number of aryl methyl sites for hydroxylation is 2. The van der Waals surface area contributed by atoms with Crippen LogP contribution in [0.1, 0.15) is 38.8 Å². The van der Waals surface area contributed by atoms with Crippen molar-refractivity contribution in [2.45, 2.75) is 41.0 Å². The van der Waals surface area contributed by atoms with Crippen LogP contribution >= 0.6 is 0 Å². The maximum Gasteiger partial charge on any atom is -0.0184 e. The summed E-state index contributed by atoms with van der Waals surface area (Å²) in [6.45, 7) is 10.8. The molecule has 2 aromatic rings. The van der Waals surface area contributed by atoms with Gasteiger partial charge in [0, 0.05) is 0 Å². The first-order valence-electron chi connectivity index (χ1n) is 7.19. The number of benzene rings is 2. The Kier molecular flexibility index (Phi) is 6.35. The summed E-state index contributed by atoms with van der Waals surface area (Å²) in [7, 11) is 0. The van der Waals surface area contributed by atoms with Gasteiger partial charge in [-0.05, 0) is 36.0 Å². The lowest BCUT2D eigenvalue weighted by Crippen LogP contribution is -1.81. The van der Waals surface area contributed by atoms with Gasteiger partial charge in [-0.2, -0.15) is 0 Å². The van der Waals surface area contributed by atoms with Gasteiger partial charge in [-0.15, -0.1) is 0 Å². The Morgan fingerprint density at radius 1 is 0.737 bits per heavy atom. The fraction of sp³-hybridized carbons (Fsp3) is 0.368. The minimum atomic E-state index is 0.833. The third-order valence-electron chi connectivity index (χ3n) is 2.75. The number of hydrogen-bond donors (Lipinski definition) is 0. The van der Waals surface area contributed by atoms with Gasteiger partial charge in [0.15, 0.2) is 0 Å². The van der Waals surface area contributed by atoms with Crippen LogP contribution < -0.4 is 0 Å². The zero-order chi connectivity index (χ0) is 14.3. The third kappa shape index (κ3) is 5.74. The first kappa shape index (κ1) is 15.5. The zero-order valence-corrected chi connectivity index (χ0v) is 12.9. The lowest BCUT2D eigenvalue weighted by atomic mass is 10.0. The van der Waals surface area contributed by atoms with Gasteiger partial charge in [0.2, 0.25) is 0 Å². The van der Waals surface area contributed by atoms with Crippen LogP contribution in [0.5, 0.6) is 0 Å². The molecule has 0 heterocycles. The van der Waals surface area contributed by atoms with Crippen LogP contribution in [-0.4, -0.2) is 0 Å². The molecule has 19 heavy (non-hydrogen) atoms. The molecular formula is C19H26. The van der Waals surface area contributed by atoms with E-state index in [1.807, 2.05) is 0 Å². The molecule has 0 saturated heterocycles. The van der Waals surface area contributed by atoms with Gasteiger partial charge in [-0.25, -0.2) is 0 Å². The molecular weight excluding hydrogens is 228 g/mol. The molecule has 0 aliphatic rings. The molecule has 0 radical (unpaired) electrons. The fourth-order valence-electron chi connectivity index (χ4n) is 1.68. The second-order valence-electron chi connectivity index (χ2n) is 5.65. The molecule has 0 unspecified atom stereocenters. The van der Waals surface area contributed by atoms with E-state index in [4.69, 9.17) is 0 Å². The molecule has 0 aromatic heterocycles. The highest BCUT2D eigenvalue weighted by molar-refractivity contribution is 5.63. The Labute approximate surface area is 118 Å². The van der Waals surface area contributed by atoms with Gasteiger partial charge in [0.1, 0.15) is 0 Å². The number of rotatable bonds is 2. The van der Waals surface area contributed by atoms with Crippen molar-refractivity contribution in [3.63, 3.8) is 0 Å². The first-order valence-corrected chi connectivity index (χ1v) is 7.19. The molecule has 102 valence electrons. The van der Waals surface area contributed by atoms with E-state index < -0.39 is 0 Å². The van der Waals surface area contributed by atoms with Crippen LogP contribution in [-0.2, 0) is 6.42 Å². The van der Waals surface area contributed by atoms with E-state index in [1.54, 1.807) is 0 Å². The minimum absolute atomic E-state index is 0.833. The van der Waals surface area contributed by atoms with Crippen molar-refractivity contribution in [3.8, 4) is 11.1 Å². The van der Waals surface area contributed by atoms with Gasteiger partial charge >= 0.3 is 0 Å². The van der Waals surface area contributed by atoms with Crippen molar-refractivity contribution < 1.29 is 0 Å². The molecule has 0 fully saturated rings. The van der Waals surface area contributed by atoms with Gasteiger partial charge in [0.25, 0.3) is 0 Å². The van der Waals surface area contributed by atoms with Crippen LogP contribution in [0.3, 0.4) is 0 Å². The molecule has 0 spiro atoms. The number of hydrogen-bond acceptors (Lipinski definition) is 0. The summed E-state index contributed by atoms with van der Waals surface area (Å²) < 4.78 is 0. The fourth-order valence-corrected chi connectivity index (χ4v) is 1.68. The summed E-state index contributed by atoms with van der Waals surface area (Å²) in [6.07, 6.45) is 1.11. The highest BCUT2D eigenvalue weighted by atomic mass is 14.0. The molecule has 2 aromatic carbocycles. The smallest absolute Gasteiger partial charge is 0.0184 e. The van der Waals surface area contributed by atoms with Crippen molar-refractivity contribution in [1.29, 1.82) is 0 Å². The second-order valence-corrected chi connectivity index (χ2v) is 5.65. The predicted molar refractivity (Wildman–Crippen MR) is 86.5 cm³/mol. The van der Waals surface area contributed by atoms with Gasteiger partial charge < -0.3 is 0 Å². The van der Waals surface area contributed by atoms with Gasteiger partial charge in [-0.1, -0.05) is 81.8 Å². The highest BCUT2D eigenvalue weighted by Crippen LogP contribution is 2.20. The maximum atomic E-state index is 2.20. The molecule has 0 aliphatic carbocycles. The minimum Gasteiger partial charge on any atom is -0.0630 e. The van der Waals surface area contributed by atoms with E-state index in [0.717, 1.165) is 12.3 Å². The molecule has 0 N–H and O–H groups in total. The monoisotopic (exact) mass is 254 g/mol. The normalized spacial score (nSPS) is 10.0. The zero-order valence-electron chi connectivity index (χ0n) is 12.9. The van der Waals surface area contributed by atoms with Crippen molar-refractivity contribution >= 4 is 0 Å². The molecule has 0 nitrogen and oxygen atoms in total. The summed E-state index contributed by atoms with van der Waals surface area (Å²) in [5.74, 6) is 0.833. The van der Waals surface area contributed by atoms with Crippen LogP contribution in [0.4, 0.5) is 0 Å². The van der Waals surface area contributed by atoms with Crippen molar-refractivity contribution in [1.82, 2.24) is 0 Å². The van der Waals surface area contributed by atoms with E-state index in [0.29, 0.717) is 0 Å². The lowest BCUT2D eigenvalue weighted by molar-refractivity contribution is 0.737. The summed E-state index contributed by atoms with van der Waals surface area (Å²) >= 11 is 0. The SMILES string of the molecule is CC(C)C.CCc1ccc(-c2ccc(C)cc2)cc1. The Hall–Kier alpha value is -1.56. The standard InChI is InChI=1S/C15H16.C4H10/c1-3-13-6-10-15(11-7-13)14-8-4-12(2)5-9-14;1-4(2)3/h4-11H,3H2,1-2H3;4H,1-3H3. The first-order chi connectivity index (χ1) is 9.02. The summed E-state index contributed by atoms with van der Waals surface area (Å²) in [6, 6.07) is 17.5. The molecule has 0 heteroatoms. The van der Waals surface area contributed by atoms with Crippen LogP contribution in [0, 0.1) is 12.8 Å². The topological polar surface area (TPSA) is 0 Å². The van der Waals surface area contributed by atoms with E-state index in [9.17, 15) is 0 Å². The Morgan fingerprint density at radius 2 is 1.11 bits per heavy atom. The van der Waals surface area contributed by atoms with Crippen LogP contribution in [0.15, 0.2) is 48.5 Å². The van der Waals surface area contributed by atoms with E-state index >= 15 is 0 Å². The molecule has 2 rings (SSSR count). The average Bonchev–Trinajstić information content (AvgIpc) is 2.39. The largest absolute Gasteiger partial charge is 0.0630 e. The molecule has 0 bridgehead atoms. The Morgan fingerprint density at radius 3 is 1.47 bits per heavy atom. The maximum absolute atomic E-state index is 2.20. The highest BCUT2D eigenvalue weighted by Gasteiger charge is 1.96. The Balaban J connectivity index is 0.000000399. The second kappa shape index (κ2) is 7.78. The molecule has 0 amide bonds. The average molecular weight is 254 g/mol. The molecule has 0 saturated carbocycles. The third-order valence-corrected chi connectivity index (χ3v) is 2.75. The predicted octanol–water partition coefficient (Wildman–Crippen LogP) is 5.89. The lowest BCUT2D eigenvalue weighted by Gasteiger charge is -2.03. The summed E-state index contributed by atoms with van der Waals surface area (Å²) in [5, 5.41) is 0. The Bertz CT molecular complexity index is 458. The van der Waals surface area contributed by atoms with Crippen LogP contribution in [0.2, 0.25) is 0 Å². The van der Waals surface area contributed by atoms with Crippen molar-refractivity contribution in [2.75, 3.05) is 0 Å². The van der Waals surface area contributed by atoms with Gasteiger partial charge in [0.05, 0.1) is 0 Å². The molecule has 0 atom stereocenters. The van der Waals surface area contributed by atoms with Crippen molar-refractivity contribution in [2.24, 2.45) is 5.92 Å².